The number of carbonyl (C=O) groups is 3. The zero-order chi connectivity index (χ0) is 20.7. The maximum Gasteiger partial charge on any atom is 0.259 e. The quantitative estimate of drug-likeness (QED) is 0.621. The van der Waals surface area contributed by atoms with Gasteiger partial charge in [0.25, 0.3) is 5.91 Å². The number of nitrogens with one attached hydrogen (secondary N) is 2. The summed E-state index contributed by atoms with van der Waals surface area (Å²) in [5.41, 5.74) is 1.02. The van der Waals surface area contributed by atoms with Crippen LogP contribution in [0.3, 0.4) is 0 Å². The van der Waals surface area contributed by atoms with Crippen LogP contribution in [0.2, 0.25) is 10.0 Å². The second-order valence-corrected chi connectivity index (χ2v) is 8.84. The molecule has 0 saturated carbocycles. The number of halogens is 2. The molecular formula is C18H19Cl2N3O4S. The molecule has 1 aromatic carbocycles. The van der Waals surface area contributed by atoms with Gasteiger partial charge in [-0.15, -0.1) is 0 Å². The molecule has 4 atom stereocenters. The molecule has 1 fully saturated rings. The Morgan fingerprint density at radius 1 is 1.25 bits per heavy atom. The van der Waals surface area contributed by atoms with Crippen LogP contribution in [0, 0.1) is 11.8 Å². The summed E-state index contributed by atoms with van der Waals surface area (Å²) >= 11 is 13.0. The van der Waals surface area contributed by atoms with E-state index in [0.717, 1.165) is 0 Å². The highest BCUT2D eigenvalue weighted by Crippen LogP contribution is 2.46. The third-order valence-corrected chi connectivity index (χ3v) is 6.91. The normalized spacial score (nSPS) is 26.6. The number of anilines is 1. The van der Waals surface area contributed by atoms with Gasteiger partial charge < -0.3 is 20.6 Å². The van der Waals surface area contributed by atoms with Crippen molar-refractivity contribution in [2.75, 3.05) is 19.4 Å². The van der Waals surface area contributed by atoms with Gasteiger partial charge in [0.15, 0.2) is 0 Å². The number of fused-ring (bicyclic) bond motifs is 1. The topological polar surface area (TPSA) is 98.7 Å². The Kier molecular flexibility index (Phi) is 5.95. The van der Waals surface area contributed by atoms with Crippen molar-refractivity contribution in [2.45, 2.75) is 18.4 Å². The number of amides is 3. The first-order valence-electron chi connectivity index (χ1n) is 8.45. The number of likely N-dealkylation sites (N-methyl/N-ethyl adjacent to an activating group) is 1. The SMILES string of the molecule is CC1=C(C(=O)N(C)C)SC2NC(=O)C(C(=O)Nc3ccc(Cl)c(Cl)c3)C(O)C12. The summed E-state index contributed by atoms with van der Waals surface area (Å²) < 4.78 is 0. The Morgan fingerprint density at radius 3 is 2.54 bits per heavy atom. The van der Waals surface area contributed by atoms with E-state index in [2.05, 4.69) is 10.6 Å². The van der Waals surface area contributed by atoms with Crippen molar-refractivity contribution in [3.63, 3.8) is 0 Å². The molecule has 4 unspecified atom stereocenters. The van der Waals surface area contributed by atoms with Crippen LogP contribution in [-0.2, 0) is 14.4 Å². The van der Waals surface area contributed by atoms with E-state index < -0.39 is 35.1 Å². The summed E-state index contributed by atoms with van der Waals surface area (Å²) in [4.78, 5) is 39.5. The molecule has 0 aliphatic carbocycles. The number of nitrogens with zero attached hydrogens (tertiary/aromatic N) is 1. The van der Waals surface area contributed by atoms with Gasteiger partial charge in [-0.05, 0) is 30.7 Å². The summed E-state index contributed by atoms with van der Waals surface area (Å²) in [6.07, 6.45) is -1.26. The first kappa shape index (κ1) is 21.0. The fourth-order valence-corrected chi connectivity index (χ4v) is 5.15. The number of thioether (sulfide) groups is 1. The van der Waals surface area contributed by atoms with E-state index in [-0.39, 0.29) is 10.9 Å². The van der Waals surface area contributed by atoms with Crippen molar-refractivity contribution in [3.8, 4) is 0 Å². The lowest BCUT2D eigenvalue weighted by Gasteiger charge is -2.36. The summed E-state index contributed by atoms with van der Waals surface area (Å²) in [7, 11) is 3.27. The molecular weight excluding hydrogens is 425 g/mol. The summed E-state index contributed by atoms with van der Waals surface area (Å²) in [5.74, 6) is -3.31. The van der Waals surface area contributed by atoms with Crippen LogP contribution in [0.25, 0.3) is 0 Å². The fraction of sp³-hybridized carbons (Fsp3) is 0.389. The third-order valence-electron chi connectivity index (χ3n) is 4.78. The first-order chi connectivity index (χ1) is 13.1. The van der Waals surface area contributed by atoms with E-state index in [9.17, 15) is 19.5 Å². The number of piperidine rings is 1. The average molecular weight is 444 g/mol. The van der Waals surface area contributed by atoms with E-state index in [4.69, 9.17) is 23.2 Å². The van der Waals surface area contributed by atoms with Crippen molar-refractivity contribution >= 4 is 58.4 Å². The van der Waals surface area contributed by atoms with Gasteiger partial charge in [0.2, 0.25) is 11.8 Å². The largest absolute Gasteiger partial charge is 0.391 e. The van der Waals surface area contributed by atoms with Crippen molar-refractivity contribution in [1.29, 1.82) is 0 Å². The minimum atomic E-state index is -1.32. The number of rotatable bonds is 3. The molecule has 0 bridgehead atoms. The van der Waals surface area contributed by atoms with Crippen LogP contribution in [0.4, 0.5) is 5.69 Å². The second kappa shape index (κ2) is 7.94. The van der Waals surface area contributed by atoms with Gasteiger partial charge in [-0.2, -0.15) is 0 Å². The molecule has 150 valence electrons. The lowest BCUT2D eigenvalue weighted by atomic mass is 9.81. The van der Waals surface area contributed by atoms with Crippen molar-refractivity contribution in [2.24, 2.45) is 11.8 Å². The number of hydrogen-bond donors (Lipinski definition) is 3. The van der Waals surface area contributed by atoms with Crippen molar-refractivity contribution < 1.29 is 19.5 Å². The molecule has 0 aromatic heterocycles. The highest BCUT2D eigenvalue weighted by molar-refractivity contribution is 8.04. The smallest absolute Gasteiger partial charge is 0.259 e. The predicted octanol–water partition coefficient (Wildman–Crippen LogP) is 2.09. The van der Waals surface area contributed by atoms with Gasteiger partial charge in [-0.25, -0.2) is 0 Å². The van der Waals surface area contributed by atoms with Crippen LogP contribution < -0.4 is 10.6 Å². The number of aliphatic hydroxyl groups is 1. The maximum atomic E-state index is 12.7. The van der Waals surface area contributed by atoms with E-state index in [1.165, 1.54) is 28.8 Å². The molecule has 3 N–H and O–H groups in total. The Morgan fingerprint density at radius 2 is 1.93 bits per heavy atom. The van der Waals surface area contributed by atoms with Crippen LogP contribution in [0.15, 0.2) is 28.7 Å². The summed E-state index contributed by atoms with van der Waals surface area (Å²) in [5, 5.41) is 16.3. The van der Waals surface area contributed by atoms with Gasteiger partial charge in [0.05, 0.1) is 26.4 Å². The highest BCUT2D eigenvalue weighted by atomic mass is 35.5. The maximum absolute atomic E-state index is 12.7. The molecule has 2 aliphatic rings. The van der Waals surface area contributed by atoms with E-state index in [1.54, 1.807) is 27.1 Å². The summed E-state index contributed by atoms with van der Waals surface area (Å²) in [6, 6.07) is 4.53. The molecule has 1 aromatic rings. The van der Waals surface area contributed by atoms with Gasteiger partial charge in [-0.1, -0.05) is 35.0 Å². The number of benzene rings is 1. The molecule has 7 nitrogen and oxygen atoms in total. The molecule has 0 spiro atoms. The molecule has 1 saturated heterocycles. The second-order valence-electron chi connectivity index (χ2n) is 6.87. The van der Waals surface area contributed by atoms with Crippen molar-refractivity contribution in [1.82, 2.24) is 10.2 Å². The van der Waals surface area contributed by atoms with Crippen LogP contribution >= 0.6 is 35.0 Å². The first-order valence-corrected chi connectivity index (χ1v) is 10.1. The van der Waals surface area contributed by atoms with Crippen LogP contribution in [-0.4, -0.2) is 53.3 Å². The fourth-order valence-electron chi connectivity index (χ4n) is 3.31. The lowest BCUT2D eigenvalue weighted by molar-refractivity contribution is -0.142. The van der Waals surface area contributed by atoms with Crippen molar-refractivity contribution in [3.05, 3.63) is 38.7 Å². The number of carbonyl (C=O) groups excluding carboxylic acids is 3. The zero-order valence-corrected chi connectivity index (χ0v) is 17.7. The number of hydrogen-bond acceptors (Lipinski definition) is 5. The molecule has 2 aliphatic heterocycles. The standard InChI is InChI=1S/C18H19Cl2N3O4S/c1-7-11-13(24)12(15(25)21-8-4-5-9(19)10(20)6-8)16(26)22-17(11)28-14(7)18(27)23(2)3/h4-6,11-13,17,24H,1-3H3,(H,21,25)(H,22,26). The van der Waals surface area contributed by atoms with Gasteiger partial charge in [0, 0.05) is 25.7 Å². The van der Waals surface area contributed by atoms with E-state index in [1.807, 2.05) is 0 Å². The van der Waals surface area contributed by atoms with Gasteiger partial charge in [0.1, 0.15) is 5.92 Å². The zero-order valence-electron chi connectivity index (χ0n) is 15.3. The minimum absolute atomic E-state index is 0.199. The average Bonchev–Trinajstić information content (AvgIpc) is 2.93. The highest BCUT2D eigenvalue weighted by Gasteiger charge is 2.52. The predicted molar refractivity (Wildman–Crippen MR) is 109 cm³/mol. The molecule has 3 amide bonds. The Bertz CT molecular complexity index is 890. The minimum Gasteiger partial charge on any atom is -0.391 e. The van der Waals surface area contributed by atoms with Crippen LogP contribution in [0.5, 0.6) is 0 Å². The molecule has 28 heavy (non-hydrogen) atoms. The summed E-state index contributed by atoms with van der Waals surface area (Å²) in [6.45, 7) is 1.74. The monoisotopic (exact) mass is 443 g/mol. The molecule has 10 heteroatoms. The van der Waals surface area contributed by atoms with E-state index in [0.29, 0.717) is 21.2 Å². The molecule has 0 radical (unpaired) electrons. The van der Waals surface area contributed by atoms with Gasteiger partial charge in [-0.3, -0.25) is 14.4 Å². The Hall–Kier alpha value is -1.74. The molecule has 3 rings (SSSR count). The lowest BCUT2D eigenvalue weighted by Crippen LogP contribution is -2.58. The van der Waals surface area contributed by atoms with E-state index >= 15 is 0 Å². The van der Waals surface area contributed by atoms with Gasteiger partial charge >= 0.3 is 0 Å². The molecule has 2 heterocycles. The number of aliphatic hydroxyl groups excluding tert-OH is 1. The Balaban J connectivity index is 1.83. The Labute approximate surface area is 176 Å². The van der Waals surface area contributed by atoms with Crippen LogP contribution in [0.1, 0.15) is 6.92 Å². The third kappa shape index (κ3) is 3.74.